The minimum atomic E-state index is -1.96. The normalized spacial score (nSPS) is 20.8. The van der Waals surface area contributed by atoms with Crippen LogP contribution >= 0.6 is 0 Å². The van der Waals surface area contributed by atoms with Crippen LogP contribution in [0.4, 0.5) is 4.79 Å². The second-order valence-electron chi connectivity index (χ2n) is 8.73. The summed E-state index contributed by atoms with van der Waals surface area (Å²) in [5.41, 5.74) is 0.949. The number of esters is 1. The molecule has 0 unspecified atom stereocenters. The first kappa shape index (κ1) is 24.4. The molecular weight excluding hydrogens is 374 g/mol. The summed E-state index contributed by atoms with van der Waals surface area (Å²) in [5, 5.41) is 0.0913. The first-order chi connectivity index (χ1) is 12.9. The lowest BCUT2D eigenvalue weighted by atomic mass is 10.0. The van der Waals surface area contributed by atoms with Gasteiger partial charge in [0.15, 0.2) is 8.32 Å². The highest BCUT2D eigenvalue weighted by molar-refractivity contribution is 6.74. The number of ether oxygens (including phenoxy) is 2. The lowest BCUT2D eigenvalue weighted by molar-refractivity contribution is -0.142. The molecule has 0 N–H and O–H groups in total. The number of likely N-dealkylation sites (tertiary alicyclic amines) is 1. The zero-order valence-corrected chi connectivity index (χ0v) is 19.5. The Morgan fingerprint density at radius 3 is 2.43 bits per heavy atom. The lowest BCUT2D eigenvalue weighted by Gasteiger charge is -2.38. The predicted molar refractivity (Wildman–Crippen MR) is 114 cm³/mol. The van der Waals surface area contributed by atoms with E-state index < -0.39 is 8.32 Å². The Labute approximate surface area is 171 Å². The van der Waals surface area contributed by atoms with Crippen LogP contribution < -0.4 is 0 Å². The van der Waals surface area contributed by atoms with E-state index in [4.69, 9.17) is 13.9 Å². The molecule has 1 rings (SSSR count). The molecule has 6 nitrogen and oxygen atoms in total. The standard InChI is InChI=1S/C21H37NO5Si/c1-9-13-26-20(24)22-15-17(27-28(7,8)21(4,5)6)14-18(22)16(3)11-12-19(23)25-10-2/h9,11,17-18H,1,10,12-15H2,2-8H3/b16-11+/t17-,18+/m1/s1. The van der Waals surface area contributed by atoms with Crippen molar-refractivity contribution in [2.75, 3.05) is 19.8 Å². The molecule has 1 saturated heterocycles. The van der Waals surface area contributed by atoms with Crippen LogP contribution in [0.25, 0.3) is 0 Å². The molecule has 1 heterocycles. The minimum Gasteiger partial charge on any atom is -0.466 e. The zero-order valence-electron chi connectivity index (χ0n) is 18.5. The third-order valence-corrected chi connectivity index (χ3v) is 10.0. The van der Waals surface area contributed by atoms with Gasteiger partial charge in [0.2, 0.25) is 0 Å². The topological polar surface area (TPSA) is 65.1 Å². The third kappa shape index (κ3) is 6.78. The average Bonchev–Trinajstić information content (AvgIpc) is 3.00. The molecule has 0 spiro atoms. The van der Waals surface area contributed by atoms with E-state index in [0.29, 0.717) is 19.6 Å². The summed E-state index contributed by atoms with van der Waals surface area (Å²) < 4.78 is 16.8. The Bertz CT molecular complexity index is 594. The van der Waals surface area contributed by atoms with E-state index in [1.807, 2.05) is 13.0 Å². The van der Waals surface area contributed by atoms with Crippen molar-refractivity contribution in [3.63, 3.8) is 0 Å². The highest BCUT2D eigenvalue weighted by Gasteiger charge is 2.44. The molecule has 28 heavy (non-hydrogen) atoms. The maximum Gasteiger partial charge on any atom is 0.410 e. The second kappa shape index (κ2) is 10.3. The van der Waals surface area contributed by atoms with Gasteiger partial charge in [-0.25, -0.2) is 4.79 Å². The molecule has 0 aromatic heterocycles. The van der Waals surface area contributed by atoms with E-state index in [9.17, 15) is 9.59 Å². The fraction of sp³-hybridized carbons (Fsp3) is 0.714. The summed E-state index contributed by atoms with van der Waals surface area (Å²) in [6.07, 6.45) is 3.85. The maximum atomic E-state index is 12.6. The molecule has 0 radical (unpaired) electrons. The highest BCUT2D eigenvalue weighted by Crippen LogP contribution is 2.39. The number of hydrogen-bond acceptors (Lipinski definition) is 5. The van der Waals surface area contributed by atoms with Crippen molar-refractivity contribution < 1.29 is 23.5 Å². The van der Waals surface area contributed by atoms with Gasteiger partial charge in [-0.15, -0.1) is 0 Å². The molecule has 1 fully saturated rings. The quantitative estimate of drug-likeness (QED) is 0.330. The molecule has 2 atom stereocenters. The molecule has 7 heteroatoms. The van der Waals surface area contributed by atoms with Crippen LogP contribution in [0.3, 0.4) is 0 Å². The number of carbonyl (C=O) groups excluding carboxylic acids is 2. The van der Waals surface area contributed by atoms with E-state index in [1.54, 1.807) is 17.9 Å². The summed E-state index contributed by atoms with van der Waals surface area (Å²) in [4.78, 5) is 25.9. The van der Waals surface area contributed by atoms with Crippen molar-refractivity contribution in [3.05, 3.63) is 24.3 Å². The molecule has 0 bridgehead atoms. The number of nitrogens with zero attached hydrogens (tertiary/aromatic N) is 1. The molecule has 160 valence electrons. The van der Waals surface area contributed by atoms with Crippen molar-refractivity contribution >= 4 is 20.4 Å². The van der Waals surface area contributed by atoms with Gasteiger partial charge in [0.05, 0.1) is 25.2 Å². The average molecular weight is 412 g/mol. The summed E-state index contributed by atoms with van der Waals surface area (Å²) in [5.74, 6) is -0.269. The SMILES string of the molecule is C=CCOC(=O)N1C[C@H](O[Si](C)(C)C(C)(C)C)C[C@H]1/C(C)=C/CC(=O)OCC. The highest BCUT2D eigenvalue weighted by atomic mass is 28.4. The van der Waals surface area contributed by atoms with Crippen LogP contribution in [0, 0.1) is 0 Å². The molecule has 1 amide bonds. The van der Waals surface area contributed by atoms with Crippen LogP contribution in [0.15, 0.2) is 24.3 Å². The van der Waals surface area contributed by atoms with E-state index in [0.717, 1.165) is 5.57 Å². The summed E-state index contributed by atoms with van der Waals surface area (Å²) in [6.45, 7) is 19.4. The summed E-state index contributed by atoms with van der Waals surface area (Å²) in [6, 6.07) is -0.151. The minimum absolute atomic E-state index is 0.0480. The van der Waals surface area contributed by atoms with E-state index in [2.05, 4.69) is 40.4 Å². The number of hydrogen-bond donors (Lipinski definition) is 0. The molecule has 0 aliphatic carbocycles. The fourth-order valence-corrected chi connectivity index (χ4v) is 4.28. The van der Waals surface area contributed by atoms with E-state index in [-0.39, 0.29) is 42.3 Å². The van der Waals surface area contributed by atoms with Gasteiger partial charge in [-0.3, -0.25) is 9.69 Å². The number of rotatable bonds is 8. The Balaban J connectivity index is 2.96. The van der Waals surface area contributed by atoms with Crippen molar-refractivity contribution in [2.24, 2.45) is 0 Å². The first-order valence-electron chi connectivity index (χ1n) is 9.97. The van der Waals surface area contributed by atoms with Crippen LogP contribution in [0.1, 0.15) is 47.5 Å². The smallest absolute Gasteiger partial charge is 0.410 e. The van der Waals surface area contributed by atoms with Gasteiger partial charge in [0.1, 0.15) is 6.61 Å². The number of amides is 1. The second-order valence-corrected chi connectivity index (χ2v) is 13.5. The van der Waals surface area contributed by atoms with Gasteiger partial charge in [-0.2, -0.15) is 0 Å². The maximum absolute atomic E-state index is 12.6. The first-order valence-corrected chi connectivity index (χ1v) is 12.9. The van der Waals surface area contributed by atoms with Gasteiger partial charge in [-0.1, -0.05) is 45.1 Å². The molecule has 0 aromatic rings. The Morgan fingerprint density at radius 1 is 1.25 bits per heavy atom. The lowest BCUT2D eigenvalue weighted by Crippen LogP contribution is -2.44. The van der Waals surface area contributed by atoms with Crippen molar-refractivity contribution in [3.8, 4) is 0 Å². The van der Waals surface area contributed by atoms with Crippen LogP contribution in [-0.4, -0.2) is 57.2 Å². The Morgan fingerprint density at radius 2 is 1.89 bits per heavy atom. The molecule has 0 saturated carbocycles. The number of carbonyl (C=O) groups is 2. The van der Waals surface area contributed by atoms with Crippen LogP contribution in [-0.2, 0) is 18.7 Å². The third-order valence-electron chi connectivity index (χ3n) is 5.51. The molecule has 1 aliphatic rings. The molecule has 1 aliphatic heterocycles. The van der Waals surface area contributed by atoms with Crippen molar-refractivity contribution in [1.29, 1.82) is 0 Å². The van der Waals surface area contributed by atoms with Crippen LogP contribution in [0.2, 0.25) is 18.1 Å². The molecular formula is C21H37NO5Si. The monoisotopic (exact) mass is 411 g/mol. The Hall–Kier alpha value is -1.60. The Kier molecular flexibility index (Phi) is 8.95. The van der Waals surface area contributed by atoms with E-state index in [1.165, 1.54) is 0 Å². The largest absolute Gasteiger partial charge is 0.466 e. The van der Waals surface area contributed by atoms with Gasteiger partial charge in [0.25, 0.3) is 0 Å². The van der Waals surface area contributed by atoms with Crippen molar-refractivity contribution in [2.45, 2.75) is 77.7 Å². The summed E-state index contributed by atoms with van der Waals surface area (Å²) in [7, 11) is -1.96. The van der Waals surface area contributed by atoms with E-state index >= 15 is 0 Å². The van der Waals surface area contributed by atoms with Gasteiger partial charge >= 0.3 is 12.1 Å². The predicted octanol–water partition coefficient (Wildman–Crippen LogP) is 4.67. The van der Waals surface area contributed by atoms with Gasteiger partial charge < -0.3 is 13.9 Å². The van der Waals surface area contributed by atoms with Gasteiger partial charge in [0, 0.05) is 6.54 Å². The zero-order chi connectivity index (χ0) is 21.5. The van der Waals surface area contributed by atoms with Crippen LogP contribution in [0.5, 0.6) is 0 Å². The fourth-order valence-electron chi connectivity index (χ4n) is 2.92. The van der Waals surface area contributed by atoms with Gasteiger partial charge in [-0.05, 0) is 38.4 Å². The summed E-state index contributed by atoms with van der Waals surface area (Å²) >= 11 is 0. The van der Waals surface area contributed by atoms with Crippen molar-refractivity contribution in [1.82, 2.24) is 4.90 Å². The molecule has 0 aromatic carbocycles.